The molecule has 0 bridgehead atoms. The fraction of sp³-hybridized carbons (Fsp3) is 0.133. The normalized spacial score (nSPS) is 9.83. The topological polar surface area (TPSA) is 59.0 Å². The number of nitrogens with zero attached hydrogens (tertiary/aromatic N) is 1. The van der Waals surface area contributed by atoms with Crippen LogP contribution in [0.4, 0.5) is 5.69 Å². The molecule has 2 aromatic carbocycles. The summed E-state index contributed by atoms with van der Waals surface area (Å²) in [5.74, 6) is 1.48. The number of hydrogen-bond acceptors (Lipinski definition) is 3. The van der Waals surface area contributed by atoms with E-state index in [9.17, 15) is 0 Å². The van der Waals surface area contributed by atoms with E-state index in [1.165, 1.54) is 0 Å². The van der Waals surface area contributed by atoms with E-state index in [-0.39, 0.29) is 0 Å². The van der Waals surface area contributed by atoms with E-state index in [0.29, 0.717) is 11.3 Å². The third kappa shape index (κ3) is 2.28. The van der Waals surface area contributed by atoms with Crippen LogP contribution in [0.15, 0.2) is 36.4 Å². The first-order chi connectivity index (χ1) is 8.61. The minimum absolute atomic E-state index is 0.629. The van der Waals surface area contributed by atoms with Crippen molar-refractivity contribution in [3.8, 4) is 17.6 Å². The molecule has 0 aliphatic heterocycles. The molecule has 0 saturated heterocycles. The summed E-state index contributed by atoms with van der Waals surface area (Å²) in [5.41, 5.74) is 9.02. The maximum Gasteiger partial charge on any atom is 0.132 e. The quantitative estimate of drug-likeness (QED) is 0.814. The molecule has 3 nitrogen and oxygen atoms in total. The number of nitrogens with two attached hydrogens (primary N) is 1. The number of nitriles is 1. The summed E-state index contributed by atoms with van der Waals surface area (Å²) >= 11 is 0. The van der Waals surface area contributed by atoms with E-state index in [0.717, 1.165) is 22.6 Å². The molecular formula is C15H14N2O. The maximum atomic E-state index is 8.82. The monoisotopic (exact) mass is 238 g/mol. The van der Waals surface area contributed by atoms with Crippen molar-refractivity contribution < 1.29 is 4.74 Å². The van der Waals surface area contributed by atoms with Crippen molar-refractivity contribution in [1.29, 1.82) is 5.26 Å². The SMILES string of the molecule is Cc1cc(C#N)ccc1Oc1cccc(N)c1C. The molecule has 90 valence electrons. The first-order valence-electron chi connectivity index (χ1n) is 5.65. The summed E-state index contributed by atoms with van der Waals surface area (Å²) in [5, 5.41) is 8.82. The number of rotatable bonds is 2. The first kappa shape index (κ1) is 12.0. The van der Waals surface area contributed by atoms with Crippen LogP contribution in [-0.2, 0) is 0 Å². The lowest BCUT2D eigenvalue weighted by atomic mass is 10.1. The van der Waals surface area contributed by atoms with Crippen LogP contribution >= 0.6 is 0 Å². The van der Waals surface area contributed by atoms with Crippen LogP contribution in [0, 0.1) is 25.2 Å². The molecule has 0 fully saturated rings. The van der Waals surface area contributed by atoms with E-state index in [2.05, 4.69) is 6.07 Å². The average molecular weight is 238 g/mol. The lowest BCUT2D eigenvalue weighted by molar-refractivity contribution is 0.475. The molecular weight excluding hydrogens is 224 g/mol. The van der Waals surface area contributed by atoms with Gasteiger partial charge in [-0.05, 0) is 49.7 Å². The number of anilines is 1. The molecule has 0 spiro atoms. The zero-order valence-electron chi connectivity index (χ0n) is 10.4. The third-order valence-corrected chi connectivity index (χ3v) is 2.85. The molecule has 2 N–H and O–H groups in total. The molecule has 0 unspecified atom stereocenters. The summed E-state index contributed by atoms with van der Waals surface area (Å²) < 4.78 is 5.83. The fourth-order valence-electron chi connectivity index (χ4n) is 1.69. The Morgan fingerprint density at radius 2 is 1.89 bits per heavy atom. The molecule has 18 heavy (non-hydrogen) atoms. The van der Waals surface area contributed by atoms with Crippen LogP contribution in [0.2, 0.25) is 0 Å². The largest absolute Gasteiger partial charge is 0.457 e. The summed E-state index contributed by atoms with van der Waals surface area (Å²) in [4.78, 5) is 0. The van der Waals surface area contributed by atoms with Crippen molar-refractivity contribution in [2.45, 2.75) is 13.8 Å². The third-order valence-electron chi connectivity index (χ3n) is 2.85. The summed E-state index contributed by atoms with van der Waals surface area (Å²) in [7, 11) is 0. The molecule has 0 radical (unpaired) electrons. The molecule has 0 heterocycles. The average Bonchev–Trinajstić information content (AvgIpc) is 2.37. The smallest absolute Gasteiger partial charge is 0.132 e. The van der Waals surface area contributed by atoms with Gasteiger partial charge in [0.05, 0.1) is 11.6 Å². The van der Waals surface area contributed by atoms with Crippen LogP contribution in [0.1, 0.15) is 16.7 Å². The van der Waals surface area contributed by atoms with Gasteiger partial charge in [-0.25, -0.2) is 0 Å². The van der Waals surface area contributed by atoms with Crippen molar-refractivity contribution in [2.24, 2.45) is 0 Å². The number of hydrogen-bond donors (Lipinski definition) is 1. The highest BCUT2D eigenvalue weighted by molar-refractivity contribution is 5.55. The Hall–Kier alpha value is -2.47. The minimum Gasteiger partial charge on any atom is -0.457 e. The van der Waals surface area contributed by atoms with Gasteiger partial charge in [-0.3, -0.25) is 0 Å². The number of aryl methyl sites for hydroxylation is 1. The van der Waals surface area contributed by atoms with Crippen molar-refractivity contribution in [3.63, 3.8) is 0 Å². The second-order valence-electron chi connectivity index (χ2n) is 4.16. The summed E-state index contributed by atoms with van der Waals surface area (Å²) in [6, 6.07) is 13.0. The molecule has 0 aromatic heterocycles. The van der Waals surface area contributed by atoms with Gasteiger partial charge in [0.15, 0.2) is 0 Å². The van der Waals surface area contributed by atoms with Crippen molar-refractivity contribution >= 4 is 5.69 Å². The highest BCUT2D eigenvalue weighted by atomic mass is 16.5. The van der Waals surface area contributed by atoms with Gasteiger partial charge in [0.2, 0.25) is 0 Å². The van der Waals surface area contributed by atoms with Gasteiger partial charge in [0.1, 0.15) is 11.5 Å². The zero-order valence-corrected chi connectivity index (χ0v) is 10.4. The van der Waals surface area contributed by atoms with Gasteiger partial charge in [0.25, 0.3) is 0 Å². The van der Waals surface area contributed by atoms with Gasteiger partial charge in [0, 0.05) is 11.3 Å². The van der Waals surface area contributed by atoms with Crippen molar-refractivity contribution in [3.05, 3.63) is 53.1 Å². The highest BCUT2D eigenvalue weighted by Crippen LogP contribution is 2.30. The molecule has 0 amide bonds. The lowest BCUT2D eigenvalue weighted by Gasteiger charge is -2.12. The van der Waals surface area contributed by atoms with E-state index in [4.69, 9.17) is 15.7 Å². The first-order valence-corrected chi connectivity index (χ1v) is 5.65. The van der Waals surface area contributed by atoms with Crippen LogP contribution in [0.5, 0.6) is 11.5 Å². The Labute approximate surface area is 106 Å². The van der Waals surface area contributed by atoms with E-state index in [1.54, 1.807) is 18.2 Å². The summed E-state index contributed by atoms with van der Waals surface area (Å²) in [6.45, 7) is 3.83. The minimum atomic E-state index is 0.629. The molecule has 0 saturated carbocycles. The Bertz CT molecular complexity index is 627. The van der Waals surface area contributed by atoms with E-state index < -0.39 is 0 Å². The Balaban J connectivity index is 2.35. The molecule has 0 aliphatic carbocycles. The van der Waals surface area contributed by atoms with Gasteiger partial charge >= 0.3 is 0 Å². The van der Waals surface area contributed by atoms with Crippen LogP contribution < -0.4 is 10.5 Å². The lowest BCUT2D eigenvalue weighted by Crippen LogP contribution is -1.94. The zero-order chi connectivity index (χ0) is 13.1. The second-order valence-corrected chi connectivity index (χ2v) is 4.16. The van der Waals surface area contributed by atoms with Gasteiger partial charge < -0.3 is 10.5 Å². The highest BCUT2D eigenvalue weighted by Gasteiger charge is 2.06. The predicted molar refractivity (Wildman–Crippen MR) is 71.6 cm³/mol. The molecule has 0 atom stereocenters. The van der Waals surface area contributed by atoms with E-state index in [1.807, 2.05) is 32.0 Å². The van der Waals surface area contributed by atoms with Crippen molar-refractivity contribution in [1.82, 2.24) is 0 Å². The van der Waals surface area contributed by atoms with Gasteiger partial charge in [-0.1, -0.05) is 6.07 Å². The molecule has 2 rings (SSSR count). The second kappa shape index (κ2) is 4.80. The van der Waals surface area contributed by atoms with Crippen molar-refractivity contribution in [2.75, 3.05) is 5.73 Å². The fourth-order valence-corrected chi connectivity index (χ4v) is 1.69. The molecule has 3 heteroatoms. The van der Waals surface area contributed by atoms with Crippen LogP contribution in [0.25, 0.3) is 0 Å². The van der Waals surface area contributed by atoms with Gasteiger partial charge in [-0.15, -0.1) is 0 Å². The van der Waals surface area contributed by atoms with Crippen LogP contribution in [-0.4, -0.2) is 0 Å². The van der Waals surface area contributed by atoms with E-state index >= 15 is 0 Å². The Morgan fingerprint density at radius 1 is 1.11 bits per heavy atom. The number of ether oxygens (including phenoxy) is 1. The maximum absolute atomic E-state index is 8.82. The Morgan fingerprint density at radius 3 is 2.56 bits per heavy atom. The Kier molecular flexibility index (Phi) is 3.20. The molecule has 0 aliphatic rings. The summed E-state index contributed by atoms with van der Waals surface area (Å²) in [6.07, 6.45) is 0. The number of nitrogen functional groups attached to an aromatic ring is 1. The van der Waals surface area contributed by atoms with Gasteiger partial charge in [-0.2, -0.15) is 5.26 Å². The standard InChI is InChI=1S/C15H14N2O/c1-10-8-12(9-16)6-7-14(10)18-15-5-3-4-13(17)11(15)2/h3-8H,17H2,1-2H3. The molecule has 2 aromatic rings. The predicted octanol–water partition coefficient (Wildman–Crippen LogP) is 3.55. The number of benzene rings is 2. The van der Waals surface area contributed by atoms with Crippen LogP contribution in [0.3, 0.4) is 0 Å².